The molecule has 0 aliphatic rings. The molecule has 9 nitrogen and oxygen atoms in total. The molecule has 0 saturated heterocycles. The first-order valence-electron chi connectivity index (χ1n) is 7.81. The van der Waals surface area contributed by atoms with Gasteiger partial charge >= 0.3 is 0 Å². The van der Waals surface area contributed by atoms with Gasteiger partial charge in [0.2, 0.25) is 0 Å². The number of tetrazole rings is 1. The van der Waals surface area contributed by atoms with Crippen LogP contribution in [0, 0.1) is 0 Å². The number of nitrogens with zero attached hydrogens (tertiary/aromatic N) is 5. The predicted octanol–water partition coefficient (Wildman–Crippen LogP) is 0.985. The van der Waals surface area contributed by atoms with Crippen molar-refractivity contribution in [1.29, 1.82) is 0 Å². The molecule has 1 aromatic heterocycles. The second-order valence-electron chi connectivity index (χ2n) is 5.28. The molecule has 0 bridgehead atoms. The van der Waals surface area contributed by atoms with E-state index in [-0.39, 0.29) is 12.5 Å². The van der Waals surface area contributed by atoms with Gasteiger partial charge in [0, 0.05) is 5.56 Å². The molecule has 0 radical (unpaired) electrons. The summed E-state index contributed by atoms with van der Waals surface area (Å²) in [5.74, 6) is 0.271. The molecule has 1 amide bonds. The molecule has 132 valence electrons. The fourth-order valence-corrected chi connectivity index (χ4v) is 2.11. The molecule has 2 aromatic carbocycles. The second kappa shape index (κ2) is 8.38. The first-order chi connectivity index (χ1) is 12.7. The van der Waals surface area contributed by atoms with Gasteiger partial charge in [-0.05, 0) is 22.9 Å². The number of para-hydroxylation sites is 1. The lowest BCUT2D eigenvalue weighted by molar-refractivity contribution is -0.122. The zero-order valence-electron chi connectivity index (χ0n) is 13.8. The van der Waals surface area contributed by atoms with Crippen LogP contribution in [0.5, 0.6) is 5.75 Å². The summed E-state index contributed by atoms with van der Waals surface area (Å²) in [7, 11) is 0. The van der Waals surface area contributed by atoms with Gasteiger partial charge in [0.25, 0.3) is 11.9 Å². The predicted molar refractivity (Wildman–Crippen MR) is 95.2 cm³/mol. The van der Waals surface area contributed by atoms with Crippen molar-refractivity contribution in [2.75, 3.05) is 5.73 Å². The summed E-state index contributed by atoms with van der Waals surface area (Å²) in [5.41, 5.74) is 9.54. The zero-order valence-corrected chi connectivity index (χ0v) is 13.8. The van der Waals surface area contributed by atoms with E-state index in [1.54, 1.807) is 0 Å². The van der Waals surface area contributed by atoms with Crippen LogP contribution in [-0.4, -0.2) is 32.3 Å². The van der Waals surface area contributed by atoms with Crippen LogP contribution >= 0.6 is 0 Å². The number of benzene rings is 2. The molecule has 9 heteroatoms. The Balaban J connectivity index is 1.57. The highest BCUT2D eigenvalue weighted by atomic mass is 16.5. The number of nitrogens with one attached hydrogen (secondary N) is 1. The maximum atomic E-state index is 11.8. The normalized spacial score (nSPS) is 10.8. The van der Waals surface area contributed by atoms with Crippen molar-refractivity contribution in [2.24, 2.45) is 5.10 Å². The topological polar surface area (TPSA) is 120 Å². The van der Waals surface area contributed by atoms with E-state index in [1.807, 2.05) is 54.6 Å². The first kappa shape index (κ1) is 17.1. The SMILES string of the molecule is Nc1nnn(CC(=O)NN=Cc2ccccc2OCc2ccccc2)n1. The maximum absolute atomic E-state index is 11.8. The largest absolute Gasteiger partial charge is 0.488 e. The van der Waals surface area contributed by atoms with Crippen LogP contribution < -0.4 is 15.9 Å². The van der Waals surface area contributed by atoms with E-state index in [4.69, 9.17) is 10.5 Å². The number of rotatable bonds is 7. The minimum atomic E-state index is -0.402. The third kappa shape index (κ3) is 4.87. The minimum absolute atomic E-state index is 0.00536. The Labute approximate surface area is 149 Å². The number of nitrogens with two attached hydrogens (primary N) is 1. The average molecular weight is 351 g/mol. The van der Waals surface area contributed by atoms with Gasteiger partial charge < -0.3 is 10.5 Å². The standard InChI is InChI=1S/C17H17N7O2/c18-17-21-23-24(22-17)11-16(25)20-19-10-14-8-4-5-9-15(14)26-12-13-6-2-1-3-7-13/h1-10H,11-12H2,(H2,18,22)(H,20,25). The summed E-state index contributed by atoms with van der Waals surface area (Å²) in [6, 6.07) is 17.3. The molecule has 0 unspecified atom stereocenters. The molecule has 3 aromatic rings. The number of carbonyl (C=O) groups is 1. The van der Waals surface area contributed by atoms with Crippen molar-refractivity contribution in [2.45, 2.75) is 13.2 Å². The molecule has 0 fully saturated rings. The monoisotopic (exact) mass is 351 g/mol. The first-order valence-corrected chi connectivity index (χ1v) is 7.81. The van der Waals surface area contributed by atoms with Crippen molar-refractivity contribution in [1.82, 2.24) is 25.6 Å². The summed E-state index contributed by atoms with van der Waals surface area (Å²) < 4.78 is 5.83. The van der Waals surface area contributed by atoms with Crippen LogP contribution in [-0.2, 0) is 17.9 Å². The summed E-state index contributed by atoms with van der Waals surface area (Å²) >= 11 is 0. The van der Waals surface area contributed by atoms with Gasteiger partial charge in [0.15, 0.2) is 0 Å². The van der Waals surface area contributed by atoms with Gasteiger partial charge in [-0.3, -0.25) is 4.79 Å². The van der Waals surface area contributed by atoms with E-state index in [9.17, 15) is 4.79 Å². The number of hydrazone groups is 1. The number of nitrogen functional groups attached to an aromatic ring is 1. The Bertz CT molecular complexity index is 893. The Kier molecular flexibility index (Phi) is 5.51. The summed E-state index contributed by atoms with van der Waals surface area (Å²) in [5, 5.41) is 14.7. The van der Waals surface area contributed by atoms with Gasteiger partial charge in [-0.15, -0.1) is 5.10 Å². The number of carbonyl (C=O) groups excluding carboxylic acids is 1. The highest BCUT2D eigenvalue weighted by molar-refractivity contribution is 5.85. The Morgan fingerprint density at radius 3 is 2.73 bits per heavy atom. The number of anilines is 1. The molecule has 0 spiro atoms. The number of aromatic nitrogens is 4. The molecule has 0 aliphatic carbocycles. The van der Waals surface area contributed by atoms with E-state index in [2.05, 4.69) is 25.9 Å². The van der Waals surface area contributed by atoms with Crippen LogP contribution in [0.25, 0.3) is 0 Å². The fourth-order valence-electron chi connectivity index (χ4n) is 2.11. The van der Waals surface area contributed by atoms with Gasteiger partial charge in [-0.1, -0.05) is 47.6 Å². The third-order valence-corrected chi connectivity index (χ3v) is 3.30. The lowest BCUT2D eigenvalue weighted by Gasteiger charge is -2.08. The minimum Gasteiger partial charge on any atom is -0.488 e. The number of ether oxygens (including phenoxy) is 1. The van der Waals surface area contributed by atoms with Crippen LogP contribution in [0.1, 0.15) is 11.1 Å². The number of hydrogen-bond donors (Lipinski definition) is 2. The van der Waals surface area contributed by atoms with E-state index in [0.717, 1.165) is 15.9 Å². The zero-order chi connectivity index (χ0) is 18.2. The molecule has 26 heavy (non-hydrogen) atoms. The molecule has 0 atom stereocenters. The molecular formula is C17H17N7O2. The average Bonchev–Trinajstić information content (AvgIpc) is 3.06. The highest BCUT2D eigenvalue weighted by Crippen LogP contribution is 2.17. The van der Waals surface area contributed by atoms with Gasteiger partial charge in [0.1, 0.15) is 18.9 Å². The van der Waals surface area contributed by atoms with Crippen LogP contribution in [0.15, 0.2) is 59.7 Å². The second-order valence-corrected chi connectivity index (χ2v) is 5.28. The molecule has 3 N–H and O–H groups in total. The Morgan fingerprint density at radius 1 is 1.19 bits per heavy atom. The van der Waals surface area contributed by atoms with Gasteiger partial charge in [-0.2, -0.15) is 9.90 Å². The third-order valence-electron chi connectivity index (χ3n) is 3.30. The summed E-state index contributed by atoms with van der Waals surface area (Å²) in [4.78, 5) is 12.9. The van der Waals surface area contributed by atoms with Gasteiger partial charge in [0.05, 0.1) is 6.21 Å². The number of amides is 1. The lowest BCUT2D eigenvalue weighted by Crippen LogP contribution is -2.24. The van der Waals surface area contributed by atoms with Crippen molar-refractivity contribution in [3.63, 3.8) is 0 Å². The van der Waals surface area contributed by atoms with Crippen molar-refractivity contribution in [3.8, 4) is 5.75 Å². The van der Waals surface area contributed by atoms with Gasteiger partial charge in [-0.25, -0.2) is 5.43 Å². The van der Waals surface area contributed by atoms with E-state index in [1.165, 1.54) is 6.21 Å². The molecule has 0 aliphatic heterocycles. The number of hydrogen-bond acceptors (Lipinski definition) is 7. The van der Waals surface area contributed by atoms with Crippen molar-refractivity contribution >= 4 is 18.1 Å². The summed E-state index contributed by atoms with van der Waals surface area (Å²) in [6.45, 7) is 0.311. The smallest absolute Gasteiger partial charge is 0.263 e. The quantitative estimate of drug-likeness (QED) is 0.484. The highest BCUT2D eigenvalue weighted by Gasteiger charge is 2.05. The summed E-state index contributed by atoms with van der Waals surface area (Å²) in [6.07, 6.45) is 1.52. The lowest BCUT2D eigenvalue weighted by atomic mass is 10.2. The van der Waals surface area contributed by atoms with E-state index < -0.39 is 5.91 Å². The van der Waals surface area contributed by atoms with Crippen LogP contribution in [0.2, 0.25) is 0 Å². The van der Waals surface area contributed by atoms with Crippen LogP contribution in [0.4, 0.5) is 5.95 Å². The molecule has 0 saturated carbocycles. The maximum Gasteiger partial charge on any atom is 0.263 e. The Morgan fingerprint density at radius 2 is 1.96 bits per heavy atom. The van der Waals surface area contributed by atoms with Crippen LogP contribution in [0.3, 0.4) is 0 Å². The van der Waals surface area contributed by atoms with E-state index >= 15 is 0 Å². The molecule has 3 rings (SSSR count). The molecular weight excluding hydrogens is 334 g/mol. The molecule has 1 heterocycles. The fraction of sp³-hybridized carbons (Fsp3) is 0.118. The van der Waals surface area contributed by atoms with Crippen molar-refractivity contribution in [3.05, 3.63) is 65.7 Å². The Hall–Kier alpha value is -3.75. The van der Waals surface area contributed by atoms with Crippen molar-refractivity contribution < 1.29 is 9.53 Å². The van der Waals surface area contributed by atoms with E-state index in [0.29, 0.717) is 12.4 Å².